The summed E-state index contributed by atoms with van der Waals surface area (Å²) < 4.78 is 33.5. The maximum Gasteiger partial charge on any atom is 0.242 e. The monoisotopic (exact) mass is 376 g/mol. The van der Waals surface area contributed by atoms with Crippen molar-refractivity contribution >= 4 is 21.4 Å². The molecule has 8 heteroatoms. The normalized spacial score (nSPS) is 19.9. The number of thiophene rings is 1. The summed E-state index contributed by atoms with van der Waals surface area (Å²) in [6.07, 6.45) is 1.18. The van der Waals surface area contributed by atoms with Gasteiger partial charge in [-0.1, -0.05) is 29.4 Å². The van der Waals surface area contributed by atoms with Crippen molar-refractivity contribution in [2.75, 3.05) is 0 Å². The third-order valence-electron chi connectivity index (χ3n) is 4.33. The molecule has 130 valence electrons. The quantitative estimate of drug-likeness (QED) is 0.730. The second-order valence-electron chi connectivity index (χ2n) is 5.98. The van der Waals surface area contributed by atoms with E-state index in [1.807, 2.05) is 24.3 Å². The predicted octanol–water partition coefficient (Wildman–Crippen LogP) is 2.65. The molecule has 25 heavy (non-hydrogen) atoms. The van der Waals surface area contributed by atoms with Crippen molar-refractivity contribution in [3.8, 4) is 10.6 Å². The number of nitrogens with one attached hydrogen (secondary N) is 1. The van der Waals surface area contributed by atoms with Gasteiger partial charge in [-0.15, -0.1) is 11.3 Å². The molecule has 0 spiro atoms. The molecule has 0 aliphatic heterocycles. The number of rotatable bonds is 4. The lowest BCUT2D eigenvalue weighted by Gasteiger charge is -2.18. The van der Waals surface area contributed by atoms with E-state index in [0.717, 1.165) is 11.1 Å². The van der Waals surface area contributed by atoms with Crippen molar-refractivity contribution in [1.82, 2.24) is 9.88 Å². The molecule has 0 amide bonds. The number of aliphatic hydroxyl groups is 1. The molecule has 1 aliphatic rings. The molecule has 3 aromatic rings. The number of benzene rings is 1. The molecule has 2 atom stereocenters. The largest absolute Gasteiger partial charge is 0.391 e. The molecular weight excluding hydrogens is 360 g/mol. The SMILES string of the molecule is Cc1sc(-c2ccno2)cc1S(=O)(=O)N[C@@H]1c2ccccc2C[C@@H]1O. The maximum atomic E-state index is 12.9. The van der Waals surface area contributed by atoms with Crippen LogP contribution >= 0.6 is 11.3 Å². The van der Waals surface area contributed by atoms with Gasteiger partial charge in [0.05, 0.1) is 28.1 Å². The highest BCUT2D eigenvalue weighted by Gasteiger charge is 2.35. The minimum Gasteiger partial charge on any atom is -0.391 e. The van der Waals surface area contributed by atoms with Crippen LogP contribution in [0.1, 0.15) is 22.0 Å². The van der Waals surface area contributed by atoms with E-state index in [1.165, 1.54) is 17.5 Å². The molecule has 0 unspecified atom stereocenters. The maximum absolute atomic E-state index is 12.9. The molecule has 0 saturated heterocycles. The van der Waals surface area contributed by atoms with Gasteiger partial charge in [0.15, 0.2) is 5.76 Å². The first kappa shape index (κ1) is 16.5. The van der Waals surface area contributed by atoms with Crippen LogP contribution in [0.3, 0.4) is 0 Å². The van der Waals surface area contributed by atoms with Gasteiger partial charge >= 0.3 is 0 Å². The first-order chi connectivity index (χ1) is 12.0. The highest BCUT2D eigenvalue weighted by atomic mass is 32.2. The van der Waals surface area contributed by atoms with Crippen LogP contribution in [-0.2, 0) is 16.4 Å². The van der Waals surface area contributed by atoms with Gasteiger partial charge in [-0.25, -0.2) is 13.1 Å². The average molecular weight is 376 g/mol. The van der Waals surface area contributed by atoms with Crippen molar-refractivity contribution in [3.63, 3.8) is 0 Å². The van der Waals surface area contributed by atoms with E-state index in [0.29, 0.717) is 21.9 Å². The minimum atomic E-state index is -3.78. The van der Waals surface area contributed by atoms with Gasteiger partial charge in [-0.3, -0.25) is 0 Å². The molecule has 1 aromatic carbocycles. The van der Waals surface area contributed by atoms with Crippen molar-refractivity contribution < 1.29 is 18.0 Å². The Bertz CT molecular complexity index is 1010. The summed E-state index contributed by atoms with van der Waals surface area (Å²) in [5, 5.41) is 13.9. The van der Waals surface area contributed by atoms with Gasteiger partial charge in [-0.2, -0.15) is 0 Å². The second kappa shape index (κ2) is 6.06. The number of hydrogen-bond donors (Lipinski definition) is 2. The van der Waals surface area contributed by atoms with Crippen LogP contribution in [0.25, 0.3) is 10.6 Å². The molecule has 0 radical (unpaired) electrons. The number of aliphatic hydroxyl groups excluding tert-OH is 1. The number of aromatic nitrogens is 1. The summed E-state index contributed by atoms with van der Waals surface area (Å²) in [5.41, 5.74) is 1.79. The molecule has 0 bridgehead atoms. The van der Waals surface area contributed by atoms with Crippen LogP contribution < -0.4 is 4.72 Å². The van der Waals surface area contributed by atoms with Gasteiger partial charge in [0.2, 0.25) is 10.0 Å². The number of sulfonamides is 1. The van der Waals surface area contributed by atoms with Crippen molar-refractivity contribution in [1.29, 1.82) is 0 Å². The zero-order chi connectivity index (χ0) is 17.6. The molecule has 4 rings (SSSR count). The molecule has 2 N–H and O–H groups in total. The average Bonchev–Trinajstić information content (AvgIpc) is 3.27. The summed E-state index contributed by atoms with van der Waals surface area (Å²) in [6, 6.07) is 10.1. The van der Waals surface area contributed by atoms with Crippen molar-refractivity contribution in [2.45, 2.75) is 30.4 Å². The smallest absolute Gasteiger partial charge is 0.242 e. The lowest BCUT2D eigenvalue weighted by molar-refractivity contribution is 0.151. The van der Waals surface area contributed by atoms with E-state index in [1.54, 1.807) is 19.1 Å². The van der Waals surface area contributed by atoms with Crippen molar-refractivity contribution in [2.24, 2.45) is 0 Å². The van der Waals surface area contributed by atoms with Gasteiger partial charge in [0.1, 0.15) is 0 Å². The molecule has 0 saturated carbocycles. The summed E-state index contributed by atoms with van der Waals surface area (Å²) in [7, 11) is -3.78. The van der Waals surface area contributed by atoms with Gasteiger partial charge in [-0.05, 0) is 24.1 Å². The van der Waals surface area contributed by atoms with E-state index in [-0.39, 0.29) is 4.90 Å². The van der Waals surface area contributed by atoms with E-state index in [4.69, 9.17) is 4.52 Å². The van der Waals surface area contributed by atoms with Gasteiger partial charge < -0.3 is 9.63 Å². The molecular formula is C17H16N2O4S2. The zero-order valence-corrected chi connectivity index (χ0v) is 15.0. The van der Waals surface area contributed by atoms with E-state index in [9.17, 15) is 13.5 Å². The van der Waals surface area contributed by atoms with Crippen molar-refractivity contribution in [3.05, 3.63) is 58.6 Å². The predicted molar refractivity (Wildman–Crippen MR) is 93.8 cm³/mol. The molecule has 2 aromatic heterocycles. The molecule has 0 fully saturated rings. The fourth-order valence-electron chi connectivity index (χ4n) is 3.14. The van der Waals surface area contributed by atoms with E-state index >= 15 is 0 Å². The lowest BCUT2D eigenvalue weighted by atomic mass is 10.1. The Hall–Kier alpha value is -2.00. The summed E-state index contributed by atoms with van der Waals surface area (Å²) in [5.74, 6) is 0.529. The van der Waals surface area contributed by atoms with Crippen LogP contribution in [0.2, 0.25) is 0 Å². The number of aryl methyl sites for hydroxylation is 1. The van der Waals surface area contributed by atoms with E-state index in [2.05, 4.69) is 9.88 Å². The van der Waals surface area contributed by atoms with E-state index < -0.39 is 22.2 Å². The first-order valence-corrected chi connectivity index (χ1v) is 10.1. The third-order valence-corrected chi connectivity index (χ3v) is 7.09. The van der Waals surface area contributed by atoms with Crippen LogP contribution in [0.5, 0.6) is 0 Å². The molecule has 6 nitrogen and oxygen atoms in total. The Labute approximate surface area is 149 Å². The molecule has 1 aliphatic carbocycles. The first-order valence-electron chi connectivity index (χ1n) is 7.75. The summed E-state index contributed by atoms with van der Waals surface area (Å²) in [4.78, 5) is 1.54. The minimum absolute atomic E-state index is 0.195. The number of nitrogens with zero attached hydrogens (tertiary/aromatic N) is 1. The summed E-state index contributed by atoms with van der Waals surface area (Å²) >= 11 is 1.33. The molecule has 2 heterocycles. The Balaban J connectivity index is 1.67. The summed E-state index contributed by atoms with van der Waals surface area (Å²) in [6.45, 7) is 1.75. The van der Waals surface area contributed by atoms with Crippen LogP contribution in [0.15, 0.2) is 52.0 Å². The Morgan fingerprint density at radius 1 is 1.32 bits per heavy atom. The topological polar surface area (TPSA) is 92.4 Å². The Morgan fingerprint density at radius 3 is 2.88 bits per heavy atom. The number of hydrogen-bond acceptors (Lipinski definition) is 6. The number of fused-ring (bicyclic) bond motifs is 1. The Morgan fingerprint density at radius 2 is 2.12 bits per heavy atom. The fraction of sp³-hybridized carbons (Fsp3) is 0.235. The third kappa shape index (κ3) is 2.91. The van der Waals surface area contributed by atoms with Gasteiger partial charge in [0, 0.05) is 17.4 Å². The van der Waals surface area contributed by atoms with Crippen LogP contribution in [-0.4, -0.2) is 24.8 Å². The highest BCUT2D eigenvalue weighted by molar-refractivity contribution is 7.89. The standard InChI is InChI=1S/C17H16N2O4S2/c1-10-16(9-15(24-10)14-6-7-18-23-14)25(21,22)19-17-12-5-3-2-4-11(12)8-13(17)20/h2-7,9,13,17,19-20H,8H2,1H3/t13-,17+/m0/s1. The zero-order valence-electron chi connectivity index (χ0n) is 13.3. The fourth-order valence-corrected chi connectivity index (χ4v) is 5.94. The lowest BCUT2D eigenvalue weighted by Crippen LogP contribution is -2.34. The highest BCUT2D eigenvalue weighted by Crippen LogP contribution is 2.36. The van der Waals surface area contributed by atoms with Gasteiger partial charge in [0.25, 0.3) is 0 Å². The van der Waals surface area contributed by atoms with Crippen LogP contribution in [0, 0.1) is 6.92 Å². The van der Waals surface area contributed by atoms with Crippen LogP contribution in [0.4, 0.5) is 0 Å². The Kier molecular flexibility index (Phi) is 3.99. The second-order valence-corrected chi connectivity index (χ2v) is 8.92.